The van der Waals surface area contributed by atoms with E-state index in [2.05, 4.69) is 5.32 Å². The lowest BCUT2D eigenvalue weighted by Gasteiger charge is -2.27. The Bertz CT molecular complexity index is 366. The molecule has 4 heteroatoms. The van der Waals surface area contributed by atoms with Gasteiger partial charge in [-0.15, -0.1) is 0 Å². The highest BCUT2D eigenvalue weighted by Crippen LogP contribution is 2.33. The van der Waals surface area contributed by atoms with Crippen molar-refractivity contribution in [3.63, 3.8) is 0 Å². The number of rotatable bonds is 2. The molecule has 0 spiro atoms. The van der Waals surface area contributed by atoms with Crippen molar-refractivity contribution >= 4 is 11.6 Å². The third kappa shape index (κ3) is 2.54. The Kier molecular flexibility index (Phi) is 3.79. The number of halogens is 2. The number of benzene rings is 1. The summed E-state index contributed by atoms with van der Waals surface area (Å²) in [7, 11) is 0. The van der Waals surface area contributed by atoms with Crippen LogP contribution in [0.2, 0.25) is 5.02 Å². The first-order valence-electron chi connectivity index (χ1n) is 5.52. The van der Waals surface area contributed by atoms with Gasteiger partial charge in [-0.25, -0.2) is 4.39 Å². The molecule has 1 fully saturated rings. The molecule has 2 nitrogen and oxygen atoms in total. The quantitative estimate of drug-likeness (QED) is 0.837. The van der Waals surface area contributed by atoms with Crippen LogP contribution in [0, 0.1) is 11.7 Å². The van der Waals surface area contributed by atoms with Crippen LogP contribution >= 0.6 is 11.6 Å². The number of nitrogens with one attached hydrogen (secondary N) is 1. The van der Waals surface area contributed by atoms with E-state index >= 15 is 0 Å². The second-order valence-corrected chi connectivity index (χ2v) is 4.61. The molecule has 1 heterocycles. The lowest BCUT2D eigenvalue weighted by atomic mass is 9.88. The minimum absolute atomic E-state index is 0.167. The smallest absolute Gasteiger partial charge is 0.123 e. The molecule has 1 saturated heterocycles. The molecule has 1 atom stereocenters. The molecule has 1 aliphatic heterocycles. The molecule has 0 aliphatic carbocycles. The molecule has 1 aromatic carbocycles. The SMILES string of the molecule is OC(c1cc(F)ccc1Cl)C1CCNCC1. The van der Waals surface area contributed by atoms with Gasteiger partial charge < -0.3 is 10.4 Å². The summed E-state index contributed by atoms with van der Waals surface area (Å²) in [6, 6.07) is 4.13. The summed E-state index contributed by atoms with van der Waals surface area (Å²) in [4.78, 5) is 0. The summed E-state index contributed by atoms with van der Waals surface area (Å²) in [6.07, 6.45) is 1.13. The van der Waals surface area contributed by atoms with Gasteiger partial charge in [0.25, 0.3) is 0 Å². The average Bonchev–Trinajstić information content (AvgIpc) is 2.32. The minimum atomic E-state index is -0.662. The molecular formula is C12H15ClFNO. The van der Waals surface area contributed by atoms with Crippen LogP contribution in [0.25, 0.3) is 0 Å². The third-order valence-corrected chi connectivity index (χ3v) is 3.45. The largest absolute Gasteiger partial charge is 0.388 e. The Hall–Kier alpha value is -0.640. The first-order chi connectivity index (χ1) is 7.68. The van der Waals surface area contributed by atoms with Crippen molar-refractivity contribution in [1.29, 1.82) is 0 Å². The zero-order valence-electron chi connectivity index (χ0n) is 8.92. The fourth-order valence-electron chi connectivity index (χ4n) is 2.16. The van der Waals surface area contributed by atoms with Gasteiger partial charge in [-0.2, -0.15) is 0 Å². The molecule has 1 aliphatic rings. The maximum atomic E-state index is 13.1. The molecule has 1 aromatic rings. The summed E-state index contributed by atoms with van der Waals surface area (Å²) >= 11 is 5.97. The molecule has 0 aromatic heterocycles. The molecule has 1 unspecified atom stereocenters. The summed E-state index contributed by atoms with van der Waals surface area (Å²) < 4.78 is 13.1. The molecule has 16 heavy (non-hydrogen) atoms. The van der Waals surface area contributed by atoms with Gasteiger partial charge in [-0.3, -0.25) is 0 Å². The highest BCUT2D eigenvalue weighted by Gasteiger charge is 2.24. The van der Waals surface area contributed by atoms with Crippen molar-refractivity contribution in [2.45, 2.75) is 18.9 Å². The summed E-state index contributed by atoms with van der Waals surface area (Å²) in [5, 5.41) is 13.8. The number of piperidine rings is 1. The van der Waals surface area contributed by atoms with E-state index < -0.39 is 6.10 Å². The van der Waals surface area contributed by atoms with Crippen molar-refractivity contribution in [2.24, 2.45) is 5.92 Å². The fraction of sp³-hybridized carbons (Fsp3) is 0.500. The Labute approximate surface area is 99.4 Å². The normalized spacial score (nSPS) is 19.7. The van der Waals surface area contributed by atoms with Crippen molar-refractivity contribution in [3.05, 3.63) is 34.6 Å². The van der Waals surface area contributed by atoms with Crippen LogP contribution in [0.3, 0.4) is 0 Å². The Morgan fingerprint density at radius 2 is 2.06 bits per heavy atom. The van der Waals surface area contributed by atoms with E-state index in [1.54, 1.807) is 0 Å². The van der Waals surface area contributed by atoms with E-state index in [9.17, 15) is 9.50 Å². The first-order valence-corrected chi connectivity index (χ1v) is 5.90. The van der Waals surface area contributed by atoms with Gasteiger partial charge in [0.05, 0.1) is 6.10 Å². The van der Waals surface area contributed by atoms with Crippen LogP contribution in [-0.2, 0) is 0 Å². The number of hydrogen-bond donors (Lipinski definition) is 2. The third-order valence-electron chi connectivity index (χ3n) is 3.11. The summed E-state index contributed by atoms with van der Waals surface area (Å²) in [5.41, 5.74) is 0.508. The molecule has 0 saturated carbocycles. The molecule has 0 amide bonds. The van der Waals surface area contributed by atoms with Crippen LogP contribution in [0.15, 0.2) is 18.2 Å². The van der Waals surface area contributed by atoms with E-state index in [1.165, 1.54) is 18.2 Å². The van der Waals surface area contributed by atoms with Crippen LogP contribution in [-0.4, -0.2) is 18.2 Å². The van der Waals surface area contributed by atoms with Gasteiger partial charge in [-0.1, -0.05) is 11.6 Å². The van der Waals surface area contributed by atoms with Gasteiger partial charge in [0, 0.05) is 10.6 Å². The molecule has 2 rings (SSSR count). The van der Waals surface area contributed by atoms with Crippen LogP contribution < -0.4 is 5.32 Å². The monoisotopic (exact) mass is 243 g/mol. The first kappa shape index (κ1) is 11.8. The predicted molar refractivity (Wildman–Crippen MR) is 62.0 cm³/mol. The average molecular weight is 244 g/mol. The Balaban J connectivity index is 2.18. The predicted octanol–water partition coefficient (Wildman–Crippen LogP) is 2.51. The lowest BCUT2D eigenvalue weighted by molar-refractivity contribution is 0.0887. The van der Waals surface area contributed by atoms with Crippen LogP contribution in [0.5, 0.6) is 0 Å². The standard InChI is InChI=1S/C12H15ClFNO/c13-11-2-1-9(14)7-10(11)12(16)8-3-5-15-6-4-8/h1-2,7-8,12,15-16H,3-6H2. The second kappa shape index (κ2) is 5.13. The number of hydrogen-bond acceptors (Lipinski definition) is 2. The van der Waals surface area contributed by atoms with Gasteiger partial charge in [0.2, 0.25) is 0 Å². The van der Waals surface area contributed by atoms with Gasteiger partial charge in [0.1, 0.15) is 5.82 Å². The zero-order valence-corrected chi connectivity index (χ0v) is 9.67. The van der Waals surface area contributed by atoms with Crippen LogP contribution in [0.1, 0.15) is 24.5 Å². The lowest BCUT2D eigenvalue weighted by Crippen LogP contribution is -2.31. The summed E-state index contributed by atoms with van der Waals surface area (Å²) in [6.45, 7) is 1.79. The highest BCUT2D eigenvalue weighted by molar-refractivity contribution is 6.31. The van der Waals surface area contributed by atoms with E-state index in [-0.39, 0.29) is 11.7 Å². The van der Waals surface area contributed by atoms with Crippen molar-refractivity contribution in [3.8, 4) is 0 Å². The Morgan fingerprint density at radius 3 is 2.75 bits per heavy atom. The van der Waals surface area contributed by atoms with Crippen molar-refractivity contribution in [1.82, 2.24) is 5.32 Å². The molecule has 2 N–H and O–H groups in total. The molecule has 88 valence electrons. The maximum absolute atomic E-state index is 13.1. The maximum Gasteiger partial charge on any atom is 0.123 e. The number of aliphatic hydroxyl groups is 1. The van der Waals surface area contributed by atoms with Gasteiger partial charge >= 0.3 is 0 Å². The minimum Gasteiger partial charge on any atom is -0.388 e. The van der Waals surface area contributed by atoms with Crippen molar-refractivity contribution in [2.75, 3.05) is 13.1 Å². The van der Waals surface area contributed by atoms with Crippen LogP contribution in [0.4, 0.5) is 4.39 Å². The van der Waals surface area contributed by atoms with E-state index in [0.29, 0.717) is 10.6 Å². The van der Waals surface area contributed by atoms with Gasteiger partial charge in [-0.05, 0) is 50.0 Å². The van der Waals surface area contributed by atoms with E-state index in [1.807, 2.05) is 0 Å². The molecule has 0 radical (unpaired) electrons. The van der Waals surface area contributed by atoms with Gasteiger partial charge in [0.15, 0.2) is 0 Å². The topological polar surface area (TPSA) is 32.3 Å². The van der Waals surface area contributed by atoms with E-state index in [0.717, 1.165) is 25.9 Å². The number of aliphatic hydroxyl groups excluding tert-OH is 1. The zero-order chi connectivity index (χ0) is 11.5. The second-order valence-electron chi connectivity index (χ2n) is 4.20. The van der Waals surface area contributed by atoms with E-state index in [4.69, 9.17) is 11.6 Å². The Morgan fingerprint density at radius 1 is 1.38 bits per heavy atom. The fourth-order valence-corrected chi connectivity index (χ4v) is 2.38. The highest BCUT2D eigenvalue weighted by atomic mass is 35.5. The summed E-state index contributed by atoms with van der Waals surface area (Å²) in [5.74, 6) is -0.187. The van der Waals surface area contributed by atoms with Crippen molar-refractivity contribution < 1.29 is 9.50 Å². The molecule has 0 bridgehead atoms. The molecular weight excluding hydrogens is 229 g/mol.